The Labute approximate surface area is 109 Å². The summed E-state index contributed by atoms with van der Waals surface area (Å²) in [6, 6.07) is 7.29. The Bertz CT molecular complexity index is 704. The first-order valence-corrected chi connectivity index (χ1v) is 6.75. The van der Waals surface area contributed by atoms with Gasteiger partial charge in [0.25, 0.3) is 0 Å². The van der Waals surface area contributed by atoms with Gasteiger partial charge in [-0.05, 0) is 37.4 Å². The smallest absolute Gasteiger partial charge is 0.356 e. The third-order valence-electron chi connectivity index (χ3n) is 2.49. The van der Waals surface area contributed by atoms with Gasteiger partial charge in [0, 0.05) is 6.20 Å². The summed E-state index contributed by atoms with van der Waals surface area (Å²) in [5, 5.41) is 12.6. The molecule has 0 saturated carbocycles. The highest BCUT2D eigenvalue weighted by molar-refractivity contribution is 7.89. The molecule has 0 radical (unpaired) electrons. The number of carboxylic acid groups (broad SMARTS) is 1. The molecule has 0 unspecified atom stereocenters. The molecule has 0 bridgehead atoms. The zero-order valence-electron chi connectivity index (χ0n) is 9.94. The van der Waals surface area contributed by atoms with E-state index >= 15 is 0 Å². The molecular weight excluding hydrogens is 270 g/mol. The van der Waals surface area contributed by atoms with Gasteiger partial charge in [0.2, 0.25) is 10.0 Å². The number of aromatic nitrogens is 2. The molecule has 100 valence electrons. The average Bonchev–Trinajstić information content (AvgIpc) is 2.88. The molecule has 0 aliphatic carbocycles. The van der Waals surface area contributed by atoms with Gasteiger partial charge in [-0.15, -0.1) is 0 Å². The Hall–Kier alpha value is -2.19. The lowest BCUT2D eigenvalue weighted by Gasteiger charge is -2.04. The summed E-state index contributed by atoms with van der Waals surface area (Å²) >= 11 is 0. The van der Waals surface area contributed by atoms with E-state index in [-0.39, 0.29) is 10.6 Å². The van der Waals surface area contributed by atoms with Gasteiger partial charge in [0.15, 0.2) is 5.69 Å². The standard InChI is InChI=1S/C11H11N3O4S/c1-12-19(17,18)9-4-2-8(3-5-9)14-7-6-10(13-14)11(15)16/h2-7,12H,1H3,(H,15,16). The molecule has 2 rings (SSSR count). The van der Waals surface area contributed by atoms with E-state index < -0.39 is 16.0 Å². The predicted octanol–water partition coefficient (Wildman–Crippen LogP) is 0.479. The van der Waals surface area contributed by atoms with Crippen molar-refractivity contribution in [2.75, 3.05) is 7.05 Å². The maximum absolute atomic E-state index is 11.5. The second-order valence-corrected chi connectivity index (χ2v) is 5.54. The second-order valence-electron chi connectivity index (χ2n) is 3.65. The number of carbonyl (C=O) groups is 1. The van der Waals surface area contributed by atoms with Crippen LogP contribution >= 0.6 is 0 Å². The zero-order chi connectivity index (χ0) is 14.0. The van der Waals surface area contributed by atoms with Gasteiger partial charge in [-0.2, -0.15) is 5.10 Å². The fourth-order valence-electron chi connectivity index (χ4n) is 1.48. The van der Waals surface area contributed by atoms with Crippen LogP contribution in [0.2, 0.25) is 0 Å². The van der Waals surface area contributed by atoms with Crippen LogP contribution in [0, 0.1) is 0 Å². The summed E-state index contributed by atoms with van der Waals surface area (Å²) in [4.78, 5) is 10.8. The largest absolute Gasteiger partial charge is 0.476 e. The van der Waals surface area contributed by atoms with Gasteiger partial charge < -0.3 is 5.11 Å². The summed E-state index contributed by atoms with van der Waals surface area (Å²) in [5.74, 6) is -1.12. The van der Waals surface area contributed by atoms with Crippen molar-refractivity contribution in [2.45, 2.75) is 4.90 Å². The molecule has 1 heterocycles. The Morgan fingerprint density at radius 2 is 1.89 bits per heavy atom. The van der Waals surface area contributed by atoms with E-state index in [0.29, 0.717) is 5.69 Å². The molecule has 0 saturated heterocycles. The predicted molar refractivity (Wildman–Crippen MR) is 66.8 cm³/mol. The van der Waals surface area contributed by atoms with Crippen molar-refractivity contribution in [3.05, 3.63) is 42.2 Å². The summed E-state index contributed by atoms with van der Waals surface area (Å²) in [6.45, 7) is 0. The van der Waals surface area contributed by atoms with Crippen LogP contribution in [0.5, 0.6) is 0 Å². The number of carboxylic acids is 1. The van der Waals surface area contributed by atoms with Crippen molar-refractivity contribution in [3.8, 4) is 5.69 Å². The highest BCUT2D eigenvalue weighted by Gasteiger charge is 2.12. The van der Waals surface area contributed by atoms with Crippen LogP contribution in [0.1, 0.15) is 10.5 Å². The molecule has 0 atom stereocenters. The lowest BCUT2D eigenvalue weighted by atomic mass is 10.3. The highest BCUT2D eigenvalue weighted by Crippen LogP contribution is 2.13. The summed E-state index contributed by atoms with van der Waals surface area (Å²) < 4.78 is 26.6. The number of aromatic carboxylic acids is 1. The van der Waals surface area contributed by atoms with Gasteiger partial charge in [-0.3, -0.25) is 0 Å². The Kier molecular flexibility index (Phi) is 3.36. The Morgan fingerprint density at radius 1 is 1.26 bits per heavy atom. The molecule has 0 fully saturated rings. The lowest BCUT2D eigenvalue weighted by Crippen LogP contribution is -2.18. The number of nitrogens with one attached hydrogen (secondary N) is 1. The molecule has 0 spiro atoms. The topological polar surface area (TPSA) is 101 Å². The van der Waals surface area contributed by atoms with Crippen LogP contribution < -0.4 is 4.72 Å². The van der Waals surface area contributed by atoms with Gasteiger partial charge in [0.1, 0.15) is 0 Å². The third-order valence-corrected chi connectivity index (χ3v) is 3.92. The SMILES string of the molecule is CNS(=O)(=O)c1ccc(-n2ccc(C(=O)O)n2)cc1. The van der Waals surface area contributed by atoms with Crippen LogP contribution in [-0.2, 0) is 10.0 Å². The van der Waals surface area contributed by atoms with Crippen LogP contribution in [0.3, 0.4) is 0 Å². The van der Waals surface area contributed by atoms with Crippen molar-refractivity contribution >= 4 is 16.0 Å². The lowest BCUT2D eigenvalue weighted by molar-refractivity contribution is 0.0690. The molecule has 2 N–H and O–H groups in total. The summed E-state index contributed by atoms with van der Waals surface area (Å²) in [5.41, 5.74) is 0.495. The average molecular weight is 281 g/mol. The molecule has 0 amide bonds. The molecular formula is C11H11N3O4S. The number of hydrogen-bond donors (Lipinski definition) is 2. The fraction of sp³-hybridized carbons (Fsp3) is 0.0909. The van der Waals surface area contributed by atoms with Crippen molar-refractivity contribution in [1.29, 1.82) is 0 Å². The number of benzene rings is 1. The van der Waals surface area contributed by atoms with E-state index in [0.717, 1.165) is 0 Å². The van der Waals surface area contributed by atoms with Gasteiger partial charge >= 0.3 is 5.97 Å². The van der Waals surface area contributed by atoms with Crippen molar-refractivity contribution in [2.24, 2.45) is 0 Å². The zero-order valence-corrected chi connectivity index (χ0v) is 10.8. The summed E-state index contributed by atoms with van der Waals surface area (Å²) in [7, 11) is -2.15. The van der Waals surface area contributed by atoms with E-state index in [9.17, 15) is 13.2 Å². The number of rotatable bonds is 4. The van der Waals surface area contributed by atoms with E-state index in [4.69, 9.17) is 5.11 Å². The minimum Gasteiger partial charge on any atom is -0.476 e. The monoisotopic (exact) mass is 281 g/mol. The third kappa shape index (κ3) is 2.64. The van der Waals surface area contributed by atoms with Crippen LogP contribution in [0.15, 0.2) is 41.4 Å². The van der Waals surface area contributed by atoms with Crippen LogP contribution in [0.25, 0.3) is 5.69 Å². The molecule has 19 heavy (non-hydrogen) atoms. The van der Waals surface area contributed by atoms with Crippen molar-refractivity contribution in [3.63, 3.8) is 0 Å². The van der Waals surface area contributed by atoms with Gasteiger partial charge in [-0.25, -0.2) is 22.6 Å². The number of hydrogen-bond acceptors (Lipinski definition) is 4. The van der Waals surface area contributed by atoms with Crippen molar-refractivity contribution in [1.82, 2.24) is 14.5 Å². The van der Waals surface area contributed by atoms with Gasteiger partial charge in [-0.1, -0.05) is 0 Å². The van der Waals surface area contributed by atoms with Crippen molar-refractivity contribution < 1.29 is 18.3 Å². The first kappa shape index (κ1) is 13.2. The fourth-order valence-corrected chi connectivity index (χ4v) is 2.21. The molecule has 2 aromatic rings. The Balaban J connectivity index is 2.35. The van der Waals surface area contributed by atoms with Crippen LogP contribution in [-0.4, -0.2) is 36.3 Å². The minimum atomic E-state index is -3.48. The molecule has 7 nitrogen and oxygen atoms in total. The normalized spacial score (nSPS) is 11.4. The summed E-state index contributed by atoms with van der Waals surface area (Å²) in [6.07, 6.45) is 1.49. The van der Waals surface area contributed by atoms with Gasteiger partial charge in [0.05, 0.1) is 10.6 Å². The van der Waals surface area contributed by atoms with E-state index in [1.807, 2.05) is 0 Å². The van der Waals surface area contributed by atoms with E-state index in [1.54, 1.807) is 12.1 Å². The molecule has 0 aliphatic rings. The molecule has 1 aromatic carbocycles. The first-order chi connectivity index (χ1) is 8.94. The number of nitrogens with zero attached hydrogens (tertiary/aromatic N) is 2. The van der Waals surface area contributed by atoms with E-state index in [2.05, 4.69) is 9.82 Å². The second kappa shape index (κ2) is 4.82. The number of sulfonamides is 1. The Morgan fingerprint density at radius 3 is 2.37 bits per heavy atom. The maximum Gasteiger partial charge on any atom is 0.356 e. The van der Waals surface area contributed by atoms with Crippen LogP contribution in [0.4, 0.5) is 0 Å². The quantitative estimate of drug-likeness (QED) is 0.848. The van der Waals surface area contributed by atoms with E-state index in [1.165, 1.54) is 36.1 Å². The molecule has 8 heteroatoms. The molecule has 1 aromatic heterocycles. The highest BCUT2D eigenvalue weighted by atomic mass is 32.2. The first-order valence-electron chi connectivity index (χ1n) is 5.27. The maximum atomic E-state index is 11.5. The minimum absolute atomic E-state index is 0.0769. The molecule has 0 aliphatic heterocycles.